The van der Waals surface area contributed by atoms with E-state index >= 15 is 0 Å². The molecule has 0 aliphatic carbocycles. The minimum Gasteiger partial charge on any atom is -0.355 e. The van der Waals surface area contributed by atoms with Crippen molar-refractivity contribution in [3.63, 3.8) is 0 Å². The van der Waals surface area contributed by atoms with Crippen LogP contribution in [0.25, 0.3) is 11.4 Å². The van der Waals surface area contributed by atoms with Crippen molar-refractivity contribution in [2.45, 2.75) is 26.7 Å². The second-order valence-electron chi connectivity index (χ2n) is 5.72. The first-order valence-electron chi connectivity index (χ1n) is 7.35. The lowest BCUT2D eigenvalue weighted by molar-refractivity contribution is 0.435. The largest absolute Gasteiger partial charge is 0.355 e. The molecule has 0 bridgehead atoms. The zero-order valence-corrected chi connectivity index (χ0v) is 13.1. The summed E-state index contributed by atoms with van der Waals surface area (Å²) in [6, 6.07) is 7.58. The van der Waals surface area contributed by atoms with E-state index in [0.29, 0.717) is 10.8 Å². The summed E-state index contributed by atoms with van der Waals surface area (Å²) in [5, 5.41) is 9.18. The molecule has 1 saturated heterocycles. The first-order chi connectivity index (χ1) is 10.1. The quantitative estimate of drug-likeness (QED) is 0.847. The van der Waals surface area contributed by atoms with Gasteiger partial charge in [0.2, 0.25) is 0 Å². The van der Waals surface area contributed by atoms with E-state index in [4.69, 9.17) is 16.6 Å². The van der Waals surface area contributed by atoms with Crippen molar-refractivity contribution >= 4 is 17.4 Å². The Morgan fingerprint density at radius 1 is 1.19 bits per heavy atom. The number of benzene rings is 1. The van der Waals surface area contributed by atoms with E-state index in [1.165, 1.54) is 12.8 Å². The van der Waals surface area contributed by atoms with E-state index in [2.05, 4.69) is 22.0 Å². The lowest BCUT2D eigenvalue weighted by Gasteiger charge is -2.31. The van der Waals surface area contributed by atoms with Crippen LogP contribution in [0.1, 0.15) is 25.5 Å². The van der Waals surface area contributed by atoms with Gasteiger partial charge in [-0.05, 0) is 37.8 Å². The molecule has 4 nitrogen and oxygen atoms in total. The van der Waals surface area contributed by atoms with Gasteiger partial charge in [0.05, 0.1) is 0 Å². The number of aryl methyl sites for hydroxylation is 1. The Balaban J connectivity index is 1.93. The summed E-state index contributed by atoms with van der Waals surface area (Å²) in [4.78, 5) is 7.04. The third-order valence-electron chi connectivity index (χ3n) is 4.00. The lowest BCUT2D eigenvalue weighted by atomic mass is 9.99. The molecular formula is C16H19ClN4. The highest BCUT2D eigenvalue weighted by molar-refractivity contribution is 6.30. The fraction of sp³-hybridized carbons (Fsp3) is 0.438. The monoisotopic (exact) mass is 302 g/mol. The minimum absolute atomic E-state index is 0.636. The van der Waals surface area contributed by atoms with Gasteiger partial charge in [0.1, 0.15) is 5.69 Å². The molecule has 21 heavy (non-hydrogen) atoms. The van der Waals surface area contributed by atoms with E-state index in [1.54, 1.807) is 0 Å². The smallest absolute Gasteiger partial charge is 0.183 e. The average molecular weight is 303 g/mol. The highest BCUT2D eigenvalue weighted by Gasteiger charge is 2.20. The lowest BCUT2D eigenvalue weighted by Crippen LogP contribution is -2.34. The number of aromatic nitrogens is 3. The van der Waals surface area contributed by atoms with Gasteiger partial charge in [-0.1, -0.05) is 30.7 Å². The summed E-state index contributed by atoms with van der Waals surface area (Å²) in [6.45, 7) is 6.35. The maximum atomic E-state index is 6.04. The van der Waals surface area contributed by atoms with Crippen molar-refractivity contribution in [1.82, 2.24) is 15.2 Å². The number of hydrogen-bond acceptors (Lipinski definition) is 4. The Bertz CT molecular complexity index is 636. The fourth-order valence-electron chi connectivity index (χ4n) is 2.64. The van der Waals surface area contributed by atoms with Gasteiger partial charge in [0.25, 0.3) is 0 Å². The van der Waals surface area contributed by atoms with Gasteiger partial charge in [-0.3, -0.25) is 0 Å². The second-order valence-corrected chi connectivity index (χ2v) is 6.16. The maximum Gasteiger partial charge on any atom is 0.183 e. The summed E-state index contributed by atoms with van der Waals surface area (Å²) in [6.07, 6.45) is 2.41. The van der Waals surface area contributed by atoms with Gasteiger partial charge in [-0.25, -0.2) is 4.98 Å². The van der Waals surface area contributed by atoms with Gasteiger partial charge < -0.3 is 4.90 Å². The molecule has 2 heterocycles. The average Bonchev–Trinajstić information content (AvgIpc) is 2.49. The van der Waals surface area contributed by atoms with E-state index < -0.39 is 0 Å². The van der Waals surface area contributed by atoms with Crippen LogP contribution in [0.3, 0.4) is 0 Å². The predicted octanol–water partition coefficient (Wildman–Crippen LogP) is 3.74. The summed E-state index contributed by atoms with van der Waals surface area (Å²) in [7, 11) is 0. The predicted molar refractivity (Wildman–Crippen MR) is 85.6 cm³/mol. The molecule has 0 saturated carbocycles. The molecule has 0 radical (unpaired) electrons. The Hall–Kier alpha value is -1.68. The molecule has 1 aromatic carbocycles. The molecule has 2 aromatic rings. The molecule has 1 fully saturated rings. The van der Waals surface area contributed by atoms with E-state index in [9.17, 15) is 0 Å². The highest BCUT2D eigenvalue weighted by Crippen LogP contribution is 2.26. The minimum atomic E-state index is 0.636. The molecule has 1 aliphatic rings. The molecule has 0 unspecified atom stereocenters. The van der Waals surface area contributed by atoms with Gasteiger partial charge >= 0.3 is 0 Å². The van der Waals surface area contributed by atoms with Crippen LogP contribution in [0.15, 0.2) is 24.3 Å². The van der Waals surface area contributed by atoms with E-state index in [0.717, 1.165) is 36.1 Å². The van der Waals surface area contributed by atoms with Crippen LogP contribution >= 0.6 is 11.6 Å². The Kier molecular flexibility index (Phi) is 4.06. The van der Waals surface area contributed by atoms with Gasteiger partial charge in [-0.2, -0.15) is 0 Å². The Morgan fingerprint density at radius 3 is 2.67 bits per heavy atom. The van der Waals surface area contributed by atoms with Crippen LogP contribution in [-0.4, -0.2) is 28.3 Å². The third-order valence-corrected chi connectivity index (χ3v) is 4.23. The van der Waals surface area contributed by atoms with Crippen molar-refractivity contribution in [3.8, 4) is 11.4 Å². The zero-order valence-electron chi connectivity index (χ0n) is 12.4. The van der Waals surface area contributed by atoms with Crippen LogP contribution in [0, 0.1) is 12.8 Å². The first kappa shape index (κ1) is 14.3. The number of nitrogens with zero attached hydrogens (tertiary/aromatic N) is 4. The van der Waals surface area contributed by atoms with Crippen molar-refractivity contribution in [2.24, 2.45) is 5.92 Å². The number of anilines is 1. The fourth-order valence-corrected chi connectivity index (χ4v) is 2.83. The molecule has 0 N–H and O–H groups in total. The van der Waals surface area contributed by atoms with Gasteiger partial charge in [0.15, 0.2) is 11.6 Å². The Labute approximate surface area is 130 Å². The Morgan fingerprint density at radius 2 is 1.95 bits per heavy atom. The summed E-state index contributed by atoms with van der Waals surface area (Å²) < 4.78 is 0. The number of halogens is 1. The first-order valence-corrected chi connectivity index (χ1v) is 7.73. The summed E-state index contributed by atoms with van der Waals surface area (Å²) in [5.41, 5.74) is 1.79. The molecule has 110 valence electrons. The highest BCUT2D eigenvalue weighted by atomic mass is 35.5. The van der Waals surface area contributed by atoms with E-state index in [1.807, 2.05) is 31.2 Å². The van der Waals surface area contributed by atoms with Crippen LogP contribution in [0.4, 0.5) is 5.82 Å². The number of piperidine rings is 1. The van der Waals surface area contributed by atoms with Crippen molar-refractivity contribution in [2.75, 3.05) is 18.0 Å². The third kappa shape index (κ3) is 3.16. The van der Waals surface area contributed by atoms with Crippen molar-refractivity contribution < 1.29 is 0 Å². The molecule has 1 aromatic heterocycles. The maximum absolute atomic E-state index is 6.04. The molecule has 5 heteroatoms. The summed E-state index contributed by atoms with van der Waals surface area (Å²) >= 11 is 6.04. The van der Waals surface area contributed by atoms with Crippen LogP contribution in [0.5, 0.6) is 0 Å². The SMILES string of the molecule is Cc1nnc(-c2cccc(Cl)c2)nc1N1CCC(C)CC1. The topological polar surface area (TPSA) is 41.9 Å². The number of hydrogen-bond donors (Lipinski definition) is 0. The van der Waals surface area contributed by atoms with E-state index in [-0.39, 0.29) is 0 Å². The zero-order chi connectivity index (χ0) is 14.8. The molecule has 1 aliphatic heterocycles. The molecule has 3 rings (SSSR count). The molecule has 0 atom stereocenters. The molecule has 0 amide bonds. The van der Waals surface area contributed by atoms with Crippen LogP contribution in [-0.2, 0) is 0 Å². The normalized spacial score (nSPS) is 16.2. The van der Waals surface area contributed by atoms with Crippen LogP contribution < -0.4 is 4.90 Å². The van der Waals surface area contributed by atoms with Gasteiger partial charge in [0, 0.05) is 23.7 Å². The van der Waals surface area contributed by atoms with Crippen molar-refractivity contribution in [3.05, 3.63) is 35.0 Å². The van der Waals surface area contributed by atoms with Crippen molar-refractivity contribution in [1.29, 1.82) is 0 Å². The standard InChI is InChI=1S/C16H19ClN4/c1-11-6-8-21(9-7-11)16-12(2)19-20-15(18-16)13-4-3-5-14(17)10-13/h3-5,10-11H,6-9H2,1-2H3. The second kappa shape index (κ2) is 5.98. The molecular weight excluding hydrogens is 284 g/mol. The van der Waals surface area contributed by atoms with Gasteiger partial charge in [-0.15, -0.1) is 10.2 Å². The van der Waals surface area contributed by atoms with Crippen LogP contribution in [0.2, 0.25) is 5.02 Å². The number of rotatable bonds is 2. The summed E-state index contributed by atoms with van der Waals surface area (Å²) in [5.74, 6) is 2.38. The molecule has 0 spiro atoms.